The van der Waals surface area contributed by atoms with Gasteiger partial charge in [0.1, 0.15) is 0 Å². The quantitative estimate of drug-likeness (QED) is 0.849. The minimum absolute atomic E-state index is 0.0233. The van der Waals surface area contributed by atoms with Crippen molar-refractivity contribution in [1.29, 1.82) is 0 Å². The van der Waals surface area contributed by atoms with Gasteiger partial charge in [0.2, 0.25) is 0 Å². The van der Waals surface area contributed by atoms with E-state index in [1.54, 1.807) is 4.68 Å². The number of carbonyl (C=O) groups is 1. The Morgan fingerprint density at radius 3 is 2.79 bits per heavy atom. The molecule has 2 aliphatic heterocycles. The van der Waals surface area contributed by atoms with Gasteiger partial charge in [0.05, 0.1) is 37.2 Å². The van der Waals surface area contributed by atoms with Crippen LogP contribution in [0.4, 0.5) is 0 Å². The van der Waals surface area contributed by atoms with Crippen molar-refractivity contribution < 1.29 is 14.3 Å². The molecule has 2 atom stereocenters. The Bertz CT molecular complexity index is 507. The molecular weight excluding hydrogens is 246 g/mol. The van der Waals surface area contributed by atoms with E-state index in [0.717, 1.165) is 17.7 Å². The van der Waals surface area contributed by atoms with Crippen molar-refractivity contribution in [2.75, 3.05) is 13.2 Å². The summed E-state index contributed by atoms with van der Waals surface area (Å²) in [6.45, 7) is 5.21. The highest BCUT2D eigenvalue weighted by Gasteiger charge is 2.32. The molecular formula is C13H19N3O3. The second kappa shape index (κ2) is 4.61. The summed E-state index contributed by atoms with van der Waals surface area (Å²) in [5.41, 5.74) is 2.56. The summed E-state index contributed by atoms with van der Waals surface area (Å²) < 4.78 is 12.6. The van der Waals surface area contributed by atoms with E-state index >= 15 is 0 Å². The number of nitrogens with one attached hydrogen (secondary N) is 1. The van der Waals surface area contributed by atoms with Crippen LogP contribution in [0.1, 0.15) is 41.7 Å². The number of amides is 1. The molecule has 2 aliphatic rings. The molecule has 0 aromatic carbocycles. The average Bonchev–Trinajstić information content (AvgIpc) is 2.61. The summed E-state index contributed by atoms with van der Waals surface area (Å²) in [6, 6.07) is 0.125. The SMILES string of the molecule is C[C@@H]1Cc2c(C(=O)NC3COC3)nn(C)c2[C@H](C)O1. The lowest BCUT2D eigenvalue weighted by Crippen LogP contribution is -2.48. The Morgan fingerprint density at radius 1 is 1.42 bits per heavy atom. The van der Waals surface area contributed by atoms with Crippen LogP contribution in [0.15, 0.2) is 0 Å². The highest BCUT2D eigenvalue weighted by molar-refractivity contribution is 5.94. The molecule has 0 unspecified atom stereocenters. The molecule has 1 aromatic rings. The van der Waals surface area contributed by atoms with Gasteiger partial charge in [-0.25, -0.2) is 0 Å². The monoisotopic (exact) mass is 265 g/mol. The van der Waals surface area contributed by atoms with Crippen molar-refractivity contribution in [2.24, 2.45) is 7.05 Å². The van der Waals surface area contributed by atoms with Crippen LogP contribution in [-0.2, 0) is 22.9 Å². The van der Waals surface area contributed by atoms with Crippen molar-refractivity contribution in [2.45, 2.75) is 38.5 Å². The fraction of sp³-hybridized carbons (Fsp3) is 0.692. The third-order valence-corrected chi connectivity index (χ3v) is 3.70. The fourth-order valence-corrected chi connectivity index (χ4v) is 2.79. The maximum atomic E-state index is 12.3. The summed E-state index contributed by atoms with van der Waals surface area (Å²) in [7, 11) is 1.86. The maximum absolute atomic E-state index is 12.3. The summed E-state index contributed by atoms with van der Waals surface area (Å²) in [5, 5.41) is 7.32. The Labute approximate surface area is 112 Å². The zero-order chi connectivity index (χ0) is 13.6. The zero-order valence-corrected chi connectivity index (χ0v) is 11.5. The van der Waals surface area contributed by atoms with Gasteiger partial charge in [0.15, 0.2) is 5.69 Å². The van der Waals surface area contributed by atoms with Gasteiger partial charge in [0, 0.05) is 19.0 Å². The standard InChI is InChI=1S/C13H19N3O3/c1-7-4-10-11(13(17)14-9-5-18-6-9)15-16(3)12(10)8(2)19-7/h7-9H,4-6H2,1-3H3,(H,14,17)/t7-,8+/m1/s1. The first-order valence-corrected chi connectivity index (χ1v) is 6.66. The molecule has 0 aliphatic carbocycles. The van der Waals surface area contributed by atoms with Gasteiger partial charge in [-0.05, 0) is 13.8 Å². The fourth-order valence-electron chi connectivity index (χ4n) is 2.79. The first-order valence-electron chi connectivity index (χ1n) is 6.66. The summed E-state index contributed by atoms with van der Waals surface area (Å²) in [5.74, 6) is -0.105. The number of hydrogen-bond acceptors (Lipinski definition) is 4. The smallest absolute Gasteiger partial charge is 0.272 e. The van der Waals surface area contributed by atoms with E-state index in [4.69, 9.17) is 9.47 Å². The second-order valence-corrected chi connectivity index (χ2v) is 5.34. The van der Waals surface area contributed by atoms with Crippen LogP contribution in [0, 0.1) is 0 Å². The highest BCUT2D eigenvalue weighted by atomic mass is 16.5. The third kappa shape index (κ3) is 2.15. The van der Waals surface area contributed by atoms with E-state index in [0.29, 0.717) is 18.9 Å². The first kappa shape index (κ1) is 12.6. The van der Waals surface area contributed by atoms with E-state index in [-0.39, 0.29) is 24.2 Å². The van der Waals surface area contributed by atoms with E-state index < -0.39 is 0 Å². The van der Waals surface area contributed by atoms with Crippen LogP contribution in [0.2, 0.25) is 0 Å². The Balaban J connectivity index is 1.89. The zero-order valence-electron chi connectivity index (χ0n) is 11.5. The summed E-state index contributed by atoms with van der Waals surface area (Å²) in [6.07, 6.45) is 0.826. The lowest BCUT2D eigenvalue weighted by molar-refractivity contribution is -0.00930. The molecule has 0 saturated carbocycles. The van der Waals surface area contributed by atoms with Crippen LogP contribution in [0.3, 0.4) is 0 Å². The lowest BCUT2D eigenvalue weighted by Gasteiger charge is -2.28. The molecule has 1 saturated heterocycles. The predicted octanol–water partition coefficient (Wildman–Crippen LogP) is 0.571. The molecule has 3 rings (SSSR count). The number of aryl methyl sites for hydroxylation is 1. The molecule has 104 valence electrons. The highest BCUT2D eigenvalue weighted by Crippen LogP contribution is 2.31. The van der Waals surface area contributed by atoms with Crippen molar-refractivity contribution in [1.82, 2.24) is 15.1 Å². The van der Waals surface area contributed by atoms with Gasteiger partial charge < -0.3 is 14.8 Å². The minimum atomic E-state index is -0.105. The number of ether oxygens (including phenoxy) is 2. The van der Waals surface area contributed by atoms with Crippen LogP contribution < -0.4 is 5.32 Å². The molecule has 1 N–H and O–H groups in total. The molecule has 0 bridgehead atoms. The van der Waals surface area contributed by atoms with Crippen LogP contribution in [0.5, 0.6) is 0 Å². The van der Waals surface area contributed by atoms with E-state index in [9.17, 15) is 4.79 Å². The molecule has 0 radical (unpaired) electrons. The third-order valence-electron chi connectivity index (χ3n) is 3.70. The van der Waals surface area contributed by atoms with Gasteiger partial charge in [0.25, 0.3) is 5.91 Å². The van der Waals surface area contributed by atoms with E-state index in [1.165, 1.54) is 0 Å². The predicted molar refractivity (Wildman–Crippen MR) is 67.9 cm³/mol. The second-order valence-electron chi connectivity index (χ2n) is 5.34. The van der Waals surface area contributed by atoms with Gasteiger partial charge in [-0.1, -0.05) is 0 Å². The molecule has 1 amide bonds. The molecule has 6 heteroatoms. The van der Waals surface area contributed by atoms with Gasteiger partial charge in [-0.3, -0.25) is 9.48 Å². The summed E-state index contributed by atoms with van der Waals surface area (Å²) >= 11 is 0. The first-order chi connectivity index (χ1) is 9.06. The van der Waals surface area contributed by atoms with Crippen molar-refractivity contribution in [3.63, 3.8) is 0 Å². The summed E-state index contributed by atoms with van der Waals surface area (Å²) in [4.78, 5) is 12.3. The average molecular weight is 265 g/mol. The minimum Gasteiger partial charge on any atom is -0.377 e. The number of hydrogen-bond donors (Lipinski definition) is 1. The number of fused-ring (bicyclic) bond motifs is 1. The van der Waals surface area contributed by atoms with Gasteiger partial charge in [-0.15, -0.1) is 0 Å². The van der Waals surface area contributed by atoms with Crippen molar-refractivity contribution in [3.05, 3.63) is 17.0 Å². The molecule has 1 fully saturated rings. The Kier molecular flexibility index (Phi) is 3.06. The van der Waals surface area contributed by atoms with Gasteiger partial charge in [-0.2, -0.15) is 5.10 Å². The molecule has 19 heavy (non-hydrogen) atoms. The Hall–Kier alpha value is -1.40. The number of carbonyl (C=O) groups excluding carboxylic acids is 1. The molecule has 1 aromatic heterocycles. The van der Waals surface area contributed by atoms with Gasteiger partial charge >= 0.3 is 0 Å². The maximum Gasteiger partial charge on any atom is 0.272 e. The largest absolute Gasteiger partial charge is 0.377 e. The van der Waals surface area contributed by atoms with E-state index in [2.05, 4.69) is 10.4 Å². The molecule has 0 spiro atoms. The number of nitrogens with zero attached hydrogens (tertiary/aromatic N) is 2. The van der Waals surface area contributed by atoms with Crippen LogP contribution in [-0.4, -0.2) is 41.0 Å². The van der Waals surface area contributed by atoms with E-state index in [1.807, 2.05) is 20.9 Å². The van der Waals surface area contributed by atoms with Crippen molar-refractivity contribution in [3.8, 4) is 0 Å². The number of aromatic nitrogens is 2. The topological polar surface area (TPSA) is 65.4 Å². The Morgan fingerprint density at radius 2 is 2.16 bits per heavy atom. The number of rotatable bonds is 2. The molecule has 6 nitrogen and oxygen atoms in total. The lowest BCUT2D eigenvalue weighted by atomic mass is 9.99. The normalized spacial score (nSPS) is 26.7. The van der Waals surface area contributed by atoms with Crippen LogP contribution >= 0.6 is 0 Å². The molecule has 3 heterocycles. The van der Waals surface area contributed by atoms with Crippen molar-refractivity contribution >= 4 is 5.91 Å². The van der Waals surface area contributed by atoms with Crippen LogP contribution in [0.25, 0.3) is 0 Å².